The van der Waals surface area contributed by atoms with Gasteiger partial charge in [0, 0.05) is 19.3 Å². The van der Waals surface area contributed by atoms with Crippen molar-refractivity contribution < 1.29 is 9.53 Å². The fourth-order valence-electron chi connectivity index (χ4n) is 2.66. The number of ether oxygens (including phenoxy) is 1. The van der Waals surface area contributed by atoms with E-state index < -0.39 is 0 Å². The monoisotopic (exact) mass is 277 g/mol. The molecule has 1 N–H and O–H groups in total. The number of carbonyl (C=O) groups is 1. The standard InChI is InChI=1S/C15H23N3O2/c1-16-7-3-12-5-9-18(10-6-12)15(19)13-4-8-17-11-14(13)20-2/h4,8,11-12,16H,3,5-7,9-10H2,1-2H3. The second-order valence-corrected chi connectivity index (χ2v) is 5.20. The molecule has 0 radical (unpaired) electrons. The number of rotatable bonds is 5. The van der Waals surface area contributed by atoms with Gasteiger partial charge < -0.3 is 15.0 Å². The molecule has 1 saturated heterocycles. The van der Waals surface area contributed by atoms with Gasteiger partial charge in [-0.1, -0.05) is 0 Å². The Hall–Kier alpha value is -1.62. The fraction of sp³-hybridized carbons (Fsp3) is 0.600. The number of nitrogens with zero attached hydrogens (tertiary/aromatic N) is 2. The van der Waals surface area contributed by atoms with Crippen LogP contribution in [0.3, 0.4) is 0 Å². The molecule has 0 aromatic carbocycles. The van der Waals surface area contributed by atoms with Gasteiger partial charge in [0.25, 0.3) is 5.91 Å². The Kier molecular flexibility index (Phi) is 5.35. The number of piperidine rings is 1. The van der Waals surface area contributed by atoms with Gasteiger partial charge in [0.2, 0.25) is 0 Å². The number of carbonyl (C=O) groups excluding carboxylic acids is 1. The zero-order chi connectivity index (χ0) is 14.4. The summed E-state index contributed by atoms with van der Waals surface area (Å²) in [5, 5.41) is 3.19. The van der Waals surface area contributed by atoms with E-state index in [1.54, 1.807) is 25.6 Å². The predicted molar refractivity (Wildman–Crippen MR) is 78.0 cm³/mol. The van der Waals surface area contributed by atoms with Crippen molar-refractivity contribution in [3.05, 3.63) is 24.0 Å². The molecule has 110 valence electrons. The zero-order valence-electron chi connectivity index (χ0n) is 12.3. The molecule has 1 aliphatic heterocycles. The molecular formula is C15H23N3O2. The predicted octanol–water partition coefficient (Wildman–Crippen LogP) is 1.55. The minimum absolute atomic E-state index is 0.0521. The highest BCUT2D eigenvalue weighted by molar-refractivity contribution is 5.96. The van der Waals surface area contributed by atoms with E-state index in [0.29, 0.717) is 11.3 Å². The Morgan fingerprint density at radius 3 is 2.90 bits per heavy atom. The summed E-state index contributed by atoms with van der Waals surface area (Å²) in [5.41, 5.74) is 0.608. The summed E-state index contributed by atoms with van der Waals surface area (Å²) in [7, 11) is 3.55. The van der Waals surface area contributed by atoms with E-state index in [0.717, 1.165) is 38.4 Å². The summed E-state index contributed by atoms with van der Waals surface area (Å²) in [6.45, 7) is 2.72. The van der Waals surface area contributed by atoms with Crippen LogP contribution in [0.2, 0.25) is 0 Å². The van der Waals surface area contributed by atoms with Crippen molar-refractivity contribution in [2.75, 3.05) is 33.8 Å². The summed E-state index contributed by atoms with van der Waals surface area (Å²) < 4.78 is 5.21. The second kappa shape index (κ2) is 7.24. The van der Waals surface area contributed by atoms with E-state index in [9.17, 15) is 4.79 Å². The lowest BCUT2D eigenvalue weighted by atomic mass is 9.93. The smallest absolute Gasteiger partial charge is 0.257 e. The van der Waals surface area contributed by atoms with E-state index in [1.807, 2.05) is 11.9 Å². The van der Waals surface area contributed by atoms with Gasteiger partial charge in [-0.2, -0.15) is 0 Å². The van der Waals surface area contributed by atoms with Gasteiger partial charge >= 0.3 is 0 Å². The molecule has 5 nitrogen and oxygen atoms in total. The Morgan fingerprint density at radius 2 is 2.25 bits per heavy atom. The Labute approximate surface area is 120 Å². The lowest BCUT2D eigenvalue weighted by Gasteiger charge is -2.32. The number of hydrogen-bond donors (Lipinski definition) is 1. The normalized spacial score (nSPS) is 16.2. The maximum absolute atomic E-state index is 12.5. The maximum atomic E-state index is 12.5. The van der Waals surface area contributed by atoms with Crippen molar-refractivity contribution >= 4 is 5.91 Å². The molecule has 5 heteroatoms. The van der Waals surface area contributed by atoms with Crippen LogP contribution in [-0.2, 0) is 0 Å². The Bertz CT molecular complexity index is 442. The van der Waals surface area contributed by atoms with Crippen molar-refractivity contribution in [2.45, 2.75) is 19.3 Å². The molecule has 0 unspecified atom stereocenters. The van der Waals surface area contributed by atoms with Gasteiger partial charge in [-0.3, -0.25) is 9.78 Å². The van der Waals surface area contributed by atoms with Crippen LogP contribution in [0, 0.1) is 5.92 Å². The van der Waals surface area contributed by atoms with Crippen LogP contribution >= 0.6 is 0 Å². The van der Waals surface area contributed by atoms with Crippen LogP contribution < -0.4 is 10.1 Å². The molecule has 1 fully saturated rings. The Morgan fingerprint density at radius 1 is 1.50 bits per heavy atom. The minimum atomic E-state index is 0.0521. The second-order valence-electron chi connectivity index (χ2n) is 5.20. The van der Waals surface area contributed by atoms with Crippen molar-refractivity contribution in [3.8, 4) is 5.75 Å². The summed E-state index contributed by atoms with van der Waals surface area (Å²) in [5.74, 6) is 1.33. The lowest BCUT2D eigenvalue weighted by molar-refractivity contribution is 0.0683. The first-order valence-corrected chi connectivity index (χ1v) is 7.18. The highest BCUT2D eigenvalue weighted by Gasteiger charge is 2.25. The third kappa shape index (κ3) is 3.48. The van der Waals surface area contributed by atoms with Crippen molar-refractivity contribution in [3.63, 3.8) is 0 Å². The number of nitrogens with one attached hydrogen (secondary N) is 1. The van der Waals surface area contributed by atoms with Crippen molar-refractivity contribution in [2.24, 2.45) is 5.92 Å². The van der Waals surface area contributed by atoms with Crippen molar-refractivity contribution in [1.29, 1.82) is 0 Å². The third-order valence-corrected chi connectivity index (χ3v) is 3.94. The first kappa shape index (κ1) is 14.8. The summed E-state index contributed by atoms with van der Waals surface area (Å²) in [4.78, 5) is 18.4. The van der Waals surface area contributed by atoms with Crippen LogP contribution in [0.15, 0.2) is 18.5 Å². The first-order valence-electron chi connectivity index (χ1n) is 7.18. The molecular weight excluding hydrogens is 254 g/mol. The van der Waals surface area contributed by atoms with E-state index in [-0.39, 0.29) is 5.91 Å². The van der Waals surface area contributed by atoms with E-state index in [2.05, 4.69) is 10.3 Å². The van der Waals surface area contributed by atoms with Gasteiger partial charge in [0.1, 0.15) is 5.75 Å². The zero-order valence-corrected chi connectivity index (χ0v) is 12.3. The summed E-state index contributed by atoms with van der Waals surface area (Å²) >= 11 is 0. The highest BCUT2D eigenvalue weighted by atomic mass is 16.5. The molecule has 0 saturated carbocycles. The molecule has 0 spiro atoms. The van der Waals surface area contributed by atoms with Crippen LogP contribution in [0.5, 0.6) is 5.75 Å². The molecule has 2 heterocycles. The highest BCUT2D eigenvalue weighted by Crippen LogP contribution is 2.24. The SMILES string of the molecule is CNCCC1CCN(C(=O)c2ccncc2OC)CC1. The number of pyridine rings is 1. The topological polar surface area (TPSA) is 54.5 Å². The number of aromatic nitrogens is 1. The molecule has 0 aliphatic carbocycles. The number of amides is 1. The van der Waals surface area contributed by atoms with E-state index >= 15 is 0 Å². The van der Waals surface area contributed by atoms with Crippen LogP contribution in [-0.4, -0.2) is 49.6 Å². The van der Waals surface area contributed by atoms with E-state index in [1.165, 1.54) is 6.42 Å². The molecule has 0 atom stereocenters. The van der Waals surface area contributed by atoms with Gasteiger partial charge in [-0.05, 0) is 44.8 Å². The van der Waals surface area contributed by atoms with Gasteiger partial charge in [0.05, 0.1) is 18.9 Å². The molecule has 0 bridgehead atoms. The van der Waals surface area contributed by atoms with Crippen molar-refractivity contribution in [1.82, 2.24) is 15.2 Å². The summed E-state index contributed by atoms with van der Waals surface area (Å²) in [6, 6.07) is 1.73. The van der Waals surface area contributed by atoms with Gasteiger partial charge in [-0.15, -0.1) is 0 Å². The lowest BCUT2D eigenvalue weighted by Crippen LogP contribution is -2.39. The number of likely N-dealkylation sites (tertiary alicyclic amines) is 1. The molecule has 20 heavy (non-hydrogen) atoms. The van der Waals surface area contributed by atoms with E-state index in [4.69, 9.17) is 4.74 Å². The van der Waals surface area contributed by atoms with Crippen LogP contribution in [0.25, 0.3) is 0 Å². The molecule has 1 amide bonds. The number of methoxy groups -OCH3 is 1. The van der Waals surface area contributed by atoms with Crippen LogP contribution in [0.1, 0.15) is 29.6 Å². The third-order valence-electron chi connectivity index (χ3n) is 3.94. The Balaban J connectivity index is 1.94. The molecule has 1 aromatic heterocycles. The average Bonchev–Trinajstić information content (AvgIpc) is 2.52. The van der Waals surface area contributed by atoms with Gasteiger partial charge in [-0.25, -0.2) is 0 Å². The van der Waals surface area contributed by atoms with Gasteiger partial charge in [0.15, 0.2) is 0 Å². The quantitative estimate of drug-likeness (QED) is 0.887. The molecule has 2 rings (SSSR count). The minimum Gasteiger partial charge on any atom is -0.494 e. The average molecular weight is 277 g/mol. The largest absolute Gasteiger partial charge is 0.494 e. The molecule has 1 aromatic rings. The van der Waals surface area contributed by atoms with Crippen LogP contribution in [0.4, 0.5) is 0 Å². The fourth-order valence-corrected chi connectivity index (χ4v) is 2.66. The molecule has 1 aliphatic rings. The number of hydrogen-bond acceptors (Lipinski definition) is 4. The maximum Gasteiger partial charge on any atom is 0.257 e. The first-order chi connectivity index (χ1) is 9.76. The summed E-state index contributed by atoms with van der Waals surface area (Å²) in [6.07, 6.45) is 6.58.